The molecule has 0 aromatic heterocycles. The van der Waals surface area contributed by atoms with Crippen LogP contribution in [0.15, 0.2) is 47.6 Å². The van der Waals surface area contributed by atoms with Gasteiger partial charge < -0.3 is 9.47 Å². The van der Waals surface area contributed by atoms with Gasteiger partial charge in [-0.2, -0.15) is 5.10 Å². The van der Waals surface area contributed by atoms with E-state index in [0.29, 0.717) is 12.4 Å². The van der Waals surface area contributed by atoms with E-state index >= 15 is 0 Å². The third kappa shape index (κ3) is 3.99. The maximum Gasteiger partial charge on any atom is 0.161 e. The molecular weight excluding hydrogens is 264 g/mol. The van der Waals surface area contributed by atoms with Crippen LogP contribution in [-0.4, -0.2) is 19.9 Å². The molecule has 0 bridgehead atoms. The number of hydrogen-bond donors (Lipinski definition) is 1. The molecule has 2 aromatic rings. The van der Waals surface area contributed by atoms with Crippen molar-refractivity contribution in [1.82, 2.24) is 0 Å². The first-order valence-electron chi connectivity index (χ1n) is 6.90. The van der Waals surface area contributed by atoms with E-state index < -0.39 is 0 Å². The van der Waals surface area contributed by atoms with Gasteiger partial charge in [0.1, 0.15) is 0 Å². The zero-order valence-corrected chi connectivity index (χ0v) is 12.6. The third-order valence-corrected chi connectivity index (χ3v) is 3.03. The number of benzene rings is 2. The van der Waals surface area contributed by atoms with Crippen LogP contribution in [0.3, 0.4) is 0 Å². The lowest BCUT2D eigenvalue weighted by atomic mass is 10.2. The van der Waals surface area contributed by atoms with E-state index in [4.69, 9.17) is 9.47 Å². The summed E-state index contributed by atoms with van der Waals surface area (Å²) in [6.45, 7) is 4.59. The van der Waals surface area contributed by atoms with Gasteiger partial charge in [-0.1, -0.05) is 18.2 Å². The number of ether oxygens (including phenoxy) is 2. The summed E-state index contributed by atoms with van der Waals surface area (Å²) < 4.78 is 10.8. The van der Waals surface area contributed by atoms with Gasteiger partial charge >= 0.3 is 0 Å². The molecule has 1 N–H and O–H groups in total. The van der Waals surface area contributed by atoms with Crippen LogP contribution in [0.25, 0.3) is 0 Å². The van der Waals surface area contributed by atoms with Crippen molar-refractivity contribution in [2.24, 2.45) is 5.10 Å². The van der Waals surface area contributed by atoms with Crippen molar-refractivity contribution < 1.29 is 9.47 Å². The summed E-state index contributed by atoms with van der Waals surface area (Å²) >= 11 is 0. The van der Waals surface area contributed by atoms with Crippen molar-refractivity contribution in [3.63, 3.8) is 0 Å². The molecule has 0 saturated carbocycles. The molecule has 0 atom stereocenters. The van der Waals surface area contributed by atoms with E-state index in [0.717, 1.165) is 22.6 Å². The first-order valence-corrected chi connectivity index (χ1v) is 6.90. The van der Waals surface area contributed by atoms with Crippen molar-refractivity contribution >= 4 is 11.9 Å². The molecule has 2 rings (SSSR count). The molecule has 0 fully saturated rings. The summed E-state index contributed by atoms with van der Waals surface area (Å²) in [5.74, 6) is 1.45. The number of nitrogens with zero attached hydrogens (tertiary/aromatic N) is 1. The number of methoxy groups -OCH3 is 1. The lowest BCUT2D eigenvalue weighted by Gasteiger charge is -2.09. The summed E-state index contributed by atoms with van der Waals surface area (Å²) in [5.41, 5.74) is 6.12. The Morgan fingerprint density at radius 3 is 2.67 bits per heavy atom. The van der Waals surface area contributed by atoms with Gasteiger partial charge in [0.25, 0.3) is 0 Å². The average molecular weight is 284 g/mol. The van der Waals surface area contributed by atoms with Crippen LogP contribution in [-0.2, 0) is 0 Å². The Morgan fingerprint density at radius 2 is 1.95 bits per heavy atom. The van der Waals surface area contributed by atoms with E-state index in [1.807, 2.05) is 56.3 Å². The van der Waals surface area contributed by atoms with Gasteiger partial charge in [-0.25, -0.2) is 0 Å². The number of hydrazone groups is 1. The highest BCUT2D eigenvalue weighted by molar-refractivity contribution is 5.81. The van der Waals surface area contributed by atoms with Gasteiger partial charge in [0, 0.05) is 0 Å². The van der Waals surface area contributed by atoms with Gasteiger partial charge in [0.15, 0.2) is 11.5 Å². The molecule has 2 aromatic carbocycles. The standard InChI is InChI=1S/C17H20N2O2/c1-4-21-16-10-9-14(11-17(16)20-3)12-18-19-15-8-6-5-7-13(15)2/h5-12,19H,4H2,1-3H3/b18-12-. The molecule has 0 saturated heterocycles. The minimum Gasteiger partial charge on any atom is -0.493 e. The number of anilines is 1. The minimum atomic E-state index is 0.610. The number of rotatable bonds is 6. The smallest absolute Gasteiger partial charge is 0.161 e. The lowest BCUT2D eigenvalue weighted by molar-refractivity contribution is 0.311. The maximum atomic E-state index is 5.49. The normalized spacial score (nSPS) is 10.6. The molecule has 21 heavy (non-hydrogen) atoms. The van der Waals surface area contributed by atoms with Crippen molar-refractivity contribution in [1.29, 1.82) is 0 Å². The van der Waals surface area contributed by atoms with Crippen molar-refractivity contribution in [3.05, 3.63) is 53.6 Å². The highest BCUT2D eigenvalue weighted by Gasteiger charge is 2.03. The molecular formula is C17H20N2O2. The molecule has 0 aliphatic heterocycles. The van der Waals surface area contributed by atoms with Crippen LogP contribution < -0.4 is 14.9 Å². The zero-order valence-electron chi connectivity index (χ0n) is 12.6. The van der Waals surface area contributed by atoms with Crippen LogP contribution in [0.5, 0.6) is 11.5 Å². The lowest BCUT2D eigenvalue weighted by Crippen LogP contribution is -1.97. The Hall–Kier alpha value is -2.49. The first kappa shape index (κ1) is 14.9. The Bertz CT molecular complexity index is 624. The van der Waals surface area contributed by atoms with Crippen LogP contribution in [0, 0.1) is 6.92 Å². The molecule has 0 spiro atoms. The maximum absolute atomic E-state index is 5.49. The van der Waals surface area contributed by atoms with Crippen molar-refractivity contribution in [2.45, 2.75) is 13.8 Å². The topological polar surface area (TPSA) is 42.8 Å². The Labute approximate surface area is 125 Å². The fourth-order valence-electron chi connectivity index (χ4n) is 1.91. The van der Waals surface area contributed by atoms with Gasteiger partial charge in [-0.3, -0.25) is 5.43 Å². The molecule has 0 amide bonds. The quantitative estimate of drug-likeness (QED) is 0.647. The average Bonchev–Trinajstić information content (AvgIpc) is 2.51. The second-order valence-electron chi connectivity index (χ2n) is 4.53. The second-order valence-corrected chi connectivity index (χ2v) is 4.53. The van der Waals surface area contributed by atoms with Gasteiger partial charge in [-0.15, -0.1) is 0 Å². The number of aryl methyl sites for hydroxylation is 1. The molecule has 0 aliphatic carbocycles. The van der Waals surface area contributed by atoms with Gasteiger partial charge in [0.05, 0.1) is 25.6 Å². The third-order valence-electron chi connectivity index (χ3n) is 3.03. The number of nitrogens with one attached hydrogen (secondary N) is 1. The van der Waals surface area contributed by atoms with Crippen molar-refractivity contribution in [2.75, 3.05) is 19.1 Å². The highest BCUT2D eigenvalue weighted by atomic mass is 16.5. The second kappa shape index (κ2) is 7.33. The molecule has 4 heteroatoms. The fraction of sp³-hybridized carbons (Fsp3) is 0.235. The van der Waals surface area contributed by atoms with E-state index in [-0.39, 0.29) is 0 Å². The molecule has 4 nitrogen and oxygen atoms in total. The van der Waals surface area contributed by atoms with Crippen molar-refractivity contribution in [3.8, 4) is 11.5 Å². The van der Waals surface area contributed by atoms with Gasteiger partial charge in [0.2, 0.25) is 0 Å². The molecule has 0 radical (unpaired) electrons. The van der Waals surface area contributed by atoms with E-state index in [1.54, 1.807) is 13.3 Å². The summed E-state index contributed by atoms with van der Waals surface area (Å²) in [4.78, 5) is 0. The molecule has 0 aliphatic rings. The minimum absolute atomic E-state index is 0.610. The Kier molecular flexibility index (Phi) is 5.21. The van der Waals surface area contributed by atoms with E-state index in [9.17, 15) is 0 Å². The Morgan fingerprint density at radius 1 is 1.14 bits per heavy atom. The van der Waals surface area contributed by atoms with E-state index in [1.165, 1.54) is 0 Å². The molecule has 0 heterocycles. The fourth-order valence-corrected chi connectivity index (χ4v) is 1.91. The monoisotopic (exact) mass is 284 g/mol. The van der Waals surface area contributed by atoms with Crippen LogP contribution in [0.4, 0.5) is 5.69 Å². The SMILES string of the molecule is CCOc1ccc(/C=N\Nc2ccccc2C)cc1OC. The largest absolute Gasteiger partial charge is 0.493 e. The highest BCUT2D eigenvalue weighted by Crippen LogP contribution is 2.27. The molecule has 110 valence electrons. The Balaban J connectivity index is 2.09. The predicted molar refractivity (Wildman–Crippen MR) is 86.6 cm³/mol. The number of hydrogen-bond acceptors (Lipinski definition) is 4. The summed E-state index contributed by atoms with van der Waals surface area (Å²) in [7, 11) is 1.63. The first-order chi connectivity index (χ1) is 10.2. The summed E-state index contributed by atoms with van der Waals surface area (Å²) in [6.07, 6.45) is 1.75. The number of para-hydroxylation sites is 1. The predicted octanol–water partition coefficient (Wildman–Crippen LogP) is 3.85. The van der Waals surface area contributed by atoms with Crippen LogP contribution >= 0.6 is 0 Å². The molecule has 0 unspecified atom stereocenters. The van der Waals surface area contributed by atoms with Crippen LogP contribution in [0.2, 0.25) is 0 Å². The van der Waals surface area contributed by atoms with E-state index in [2.05, 4.69) is 10.5 Å². The summed E-state index contributed by atoms with van der Waals surface area (Å²) in [5, 5.41) is 4.25. The zero-order chi connectivity index (χ0) is 15.1. The van der Waals surface area contributed by atoms with Gasteiger partial charge in [-0.05, 0) is 49.2 Å². The van der Waals surface area contributed by atoms with Crippen LogP contribution in [0.1, 0.15) is 18.1 Å². The summed E-state index contributed by atoms with van der Waals surface area (Å²) in [6, 6.07) is 13.7.